The molecule has 1 aromatic heterocycles. The molecule has 0 radical (unpaired) electrons. The summed E-state index contributed by atoms with van der Waals surface area (Å²) in [6, 6.07) is 18.2. The molecule has 1 amide bonds. The number of methoxy groups -OCH3 is 1. The van der Waals surface area contributed by atoms with Gasteiger partial charge < -0.3 is 9.64 Å². The second-order valence-electron chi connectivity index (χ2n) is 7.85. The molecule has 2 aromatic carbocycles. The van der Waals surface area contributed by atoms with Gasteiger partial charge in [0.05, 0.1) is 13.2 Å². The fourth-order valence-corrected chi connectivity index (χ4v) is 4.49. The highest BCUT2D eigenvalue weighted by Crippen LogP contribution is 2.31. The molecule has 7 heteroatoms. The Hall–Kier alpha value is -2.93. The van der Waals surface area contributed by atoms with Crippen LogP contribution in [0.15, 0.2) is 54.6 Å². The Bertz CT molecular complexity index is 1060. The van der Waals surface area contributed by atoms with Crippen LogP contribution in [0.25, 0.3) is 11.4 Å². The van der Waals surface area contributed by atoms with Gasteiger partial charge in [-0.3, -0.25) is 14.5 Å². The van der Waals surface area contributed by atoms with Crippen LogP contribution in [0, 0.1) is 4.77 Å². The van der Waals surface area contributed by atoms with Gasteiger partial charge in [0.25, 0.3) is 0 Å². The lowest BCUT2D eigenvalue weighted by molar-refractivity contribution is -0.133. The molecule has 1 N–H and O–H groups in total. The third-order valence-electron chi connectivity index (χ3n) is 5.91. The lowest BCUT2D eigenvalue weighted by Gasteiger charge is -2.30. The number of nitrogens with one attached hydrogen (secondary N) is 1. The number of amides is 1. The van der Waals surface area contributed by atoms with E-state index in [2.05, 4.69) is 39.4 Å². The second-order valence-corrected chi connectivity index (χ2v) is 8.23. The Kier molecular flexibility index (Phi) is 6.82. The molecule has 1 aliphatic rings. The van der Waals surface area contributed by atoms with Crippen molar-refractivity contribution in [2.24, 2.45) is 0 Å². The van der Waals surface area contributed by atoms with Crippen LogP contribution in [0.3, 0.4) is 0 Å². The number of carbonyl (C=O) groups excluding carboxylic acids is 1. The SMILES string of the molecule is COc1ccc(-c2n[nH]c(=S)n2CCC(=O)N2CCCCCC2c2ccccc2)cc1. The molecule has 1 atom stereocenters. The predicted molar refractivity (Wildman–Crippen MR) is 123 cm³/mol. The summed E-state index contributed by atoms with van der Waals surface area (Å²) in [5, 5.41) is 7.26. The third kappa shape index (κ3) is 4.88. The minimum Gasteiger partial charge on any atom is -0.497 e. The van der Waals surface area contributed by atoms with Gasteiger partial charge in [0.15, 0.2) is 10.6 Å². The Morgan fingerprint density at radius 2 is 1.90 bits per heavy atom. The quantitative estimate of drug-likeness (QED) is 0.543. The highest BCUT2D eigenvalue weighted by atomic mass is 32.1. The first-order chi connectivity index (χ1) is 15.2. The van der Waals surface area contributed by atoms with Crippen LogP contribution in [0.4, 0.5) is 0 Å². The number of benzene rings is 2. The highest BCUT2D eigenvalue weighted by Gasteiger charge is 2.26. The summed E-state index contributed by atoms with van der Waals surface area (Å²) in [4.78, 5) is 15.4. The molecular weight excluding hydrogens is 408 g/mol. The van der Waals surface area contributed by atoms with E-state index in [0.29, 0.717) is 17.7 Å². The summed E-state index contributed by atoms with van der Waals surface area (Å²) >= 11 is 5.45. The number of carbonyl (C=O) groups is 1. The van der Waals surface area contributed by atoms with Gasteiger partial charge in [-0.05, 0) is 54.9 Å². The van der Waals surface area contributed by atoms with E-state index in [1.54, 1.807) is 7.11 Å². The number of hydrogen-bond donors (Lipinski definition) is 1. The van der Waals surface area contributed by atoms with E-state index >= 15 is 0 Å². The number of hydrogen-bond acceptors (Lipinski definition) is 4. The first-order valence-electron chi connectivity index (χ1n) is 10.8. The molecule has 162 valence electrons. The summed E-state index contributed by atoms with van der Waals surface area (Å²) in [5.41, 5.74) is 2.15. The number of ether oxygens (including phenoxy) is 1. The van der Waals surface area contributed by atoms with Crippen molar-refractivity contribution < 1.29 is 9.53 Å². The summed E-state index contributed by atoms with van der Waals surface area (Å²) in [5.74, 6) is 1.68. The maximum atomic E-state index is 13.3. The van der Waals surface area contributed by atoms with Crippen molar-refractivity contribution in [2.75, 3.05) is 13.7 Å². The third-order valence-corrected chi connectivity index (χ3v) is 6.22. The Morgan fingerprint density at radius 1 is 1.13 bits per heavy atom. The molecule has 1 unspecified atom stereocenters. The molecule has 0 aliphatic carbocycles. The van der Waals surface area contributed by atoms with Crippen LogP contribution in [-0.4, -0.2) is 39.2 Å². The van der Waals surface area contributed by atoms with Crippen LogP contribution in [0.2, 0.25) is 0 Å². The standard InChI is InChI=1S/C24H28N4O2S/c1-30-20-13-11-19(12-14-20)23-25-26-24(31)28(23)17-15-22(29)27-16-7-3-6-10-21(27)18-8-4-2-5-9-18/h2,4-5,8-9,11-14,21H,3,6-7,10,15-17H2,1H3,(H,26,31). The largest absolute Gasteiger partial charge is 0.497 e. The zero-order chi connectivity index (χ0) is 21.6. The fraction of sp³-hybridized carbons (Fsp3) is 0.375. The van der Waals surface area contributed by atoms with E-state index in [1.807, 2.05) is 34.9 Å². The van der Waals surface area contributed by atoms with E-state index in [1.165, 1.54) is 12.0 Å². The minimum absolute atomic E-state index is 0.148. The summed E-state index contributed by atoms with van der Waals surface area (Å²) < 4.78 is 7.67. The molecule has 1 aliphatic heterocycles. The number of rotatable bonds is 6. The van der Waals surface area contributed by atoms with E-state index < -0.39 is 0 Å². The van der Waals surface area contributed by atoms with Crippen molar-refractivity contribution in [1.29, 1.82) is 0 Å². The molecule has 6 nitrogen and oxygen atoms in total. The van der Waals surface area contributed by atoms with Crippen LogP contribution in [0.1, 0.15) is 43.7 Å². The maximum Gasteiger partial charge on any atom is 0.224 e. The monoisotopic (exact) mass is 436 g/mol. The molecule has 31 heavy (non-hydrogen) atoms. The fourth-order valence-electron chi connectivity index (χ4n) is 4.27. The van der Waals surface area contributed by atoms with Gasteiger partial charge in [0.1, 0.15) is 5.75 Å². The molecule has 2 heterocycles. The average Bonchev–Trinajstić information content (AvgIpc) is 3.01. The normalized spacial score (nSPS) is 16.7. The molecule has 1 fully saturated rings. The Labute approximate surface area is 187 Å². The summed E-state index contributed by atoms with van der Waals surface area (Å²) in [7, 11) is 1.64. The highest BCUT2D eigenvalue weighted by molar-refractivity contribution is 7.71. The average molecular weight is 437 g/mol. The van der Waals surface area contributed by atoms with Crippen LogP contribution >= 0.6 is 12.2 Å². The number of H-pyrrole nitrogens is 1. The number of likely N-dealkylation sites (tertiary alicyclic amines) is 1. The van der Waals surface area contributed by atoms with Crippen LogP contribution < -0.4 is 4.74 Å². The Balaban J connectivity index is 1.51. The second kappa shape index (κ2) is 9.92. The lowest BCUT2D eigenvalue weighted by atomic mass is 10.0. The molecule has 0 saturated carbocycles. The molecule has 0 spiro atoms. The van der Waals surface area contributed by atoms with Crippen molar-refractivity contribution in [3.63, 3.8) is 0 Å². The smallest absolute Gasteiger partial charge is 0.224 e. The minimum atomic E-state index is 0.148. The number of nitrogens with zero attached hydrogens (tertiary/aromatic N) is 3. The van der Waals surface area contributed by atoms with Gasteiger partial charge in [-0.2, -0.15) is 5.10 Å². The van der Waals surface area contributed by atoms with Crippen molar-refractivity contribution >= 4 is 18.1 Å². The maximum absolute atomic E-state index is 13.3. The summed E-state index contributed by atoms with van der Waals surface area (Å²) in [6.45, 7) is 1.30. The summed E-state index contributed by atoms with van der Waals surface area (Å²) in [6.07, 6.45) is 4.77. The van der Waals surface area contributed by atoms with Crippen molar-refractivity contribution in [3.8, 4) is 17.1 Å². The predicted octanol–water partition coefficient (Wildman–Crippen LogP) is 5.15. The van der Waals surface area contributed by atoms with E-state index in [4.69, 9.17) is 17.0 Å². The molecular formula is C24H28N4O2S. The number of aromatic nitrogens is 3. The lowest BCUT2D eigenvalue weighted by Crippen LogP contribution is -2.35. The number of aromatic amines is 1. The van der Waals surface area contributed by atoms with Crippen LogP contribution in [0.5, 0.6) is 5.75 Å². The van der Waals surface area contributed by atoms with Crippen molar-refractivity contribution in [1.82, 2.24) is 19.7 Å². The zero-order valence-corrected chi connectivity index (χ0v) is 18.6. The van der Waals surface area contributed by atoms with E-state index in [0.717, 1.165) is 42.9 Å². The molecule has 4 rings (SSSR count). The zero-order valence-electron chi connectivity index (χ0n) is 17.8. The van der Waals surface area contributed by atoms with E-state index in [9.17, 15) is 4.79 Å². The topological polar surface area (TPSA) is 63.1 Å². The Morgan fingerprint density at radius 3 is 2.65 bits per heavy atom. The van der Waals surface area contributed by atoms with Crippen molar-refractivity contribution in [3.05, 3.63) is 64.9 Å². The van der Waals surface area contributed by atoms with Gasteiger partial charge in [0, 0.05) is 25.1 Å². The molecule has 1 saturated heterocycles. The van der Waals surface area contributed by atoms with Gasteiger partial charge in [0.2, 0.25) is 5.91 Å². The van der Waals surface area contributed by atoms with Crippen molar-refractivity contribution in [2.45, 2.75) is 44.7 Å². The van der Waals surface area contributed by atoms with E-state index in [-0.39, 0.29) is 11.9 Å². The molecule has 0 bridgehead atoms. The first-order valence-corrected chi connectivity index (χ1v) is 11.2. The van der Waals surface area contributed by atoms with Crippen LogP contribution in [-0.2, 0) is 11.3 Å². The van der Waals surface area contributed by atoms with Gasteiger partial charge in [-0.25, -0.2) is 0 Å². The molecule has 3 aromatic rings. The first kappa shape index (κ1) is 21.3. The van der Waals surface area contributed by atoms with Gasteiger partial charge in [-0.1, -0.05) is 43.2 Å². The van der Waals surface area contributed by atoms with Gasteiger partial charge in [-0.15, -0.1) is 0 Å². The van der Waals surface area contributed by atoms with Gasteiger partial charge >= 0.3 is 0 Å².